The number of nitriles is 2. The van der Waals surface area contributed by atoms with Gasteiger partial charge in [0.25, 0.3) is 6.71 Å². The lowest BCUT2D eigenvalue weighted by Crippen LogP contribution is -2.60. The van der Waals surface area contributed by atoms with Gasteiger partial charge >= 0.3 is 0 Å². The second-order valence-electron chi connectivity index (χ2n) is 19.8. The van der Waals surface area contributed by atoms with Crippen LogP contribution in [0.1, 0.15) is 11.1 Å². The van der Waals surface area contributed by atoms with Crippen LogP contribution in [0.2, 0.25) is 0 Å². The molecule has 0 spiro atoms. The Morgan fingerprint density at radius 3 is 1.05 bits per heavy atom. The fourth-order valence-electron chi connectivity index (χ4n) is 13.1. The Labute approximate surface area is 437 Å². The summed E-state index contributed by atoms with van der Waals surface area (Å²) in [6.45, 7) is -0.258. The van der Waals surface area contributed by atoms with E-state index in [1.165, 1.54) is 0 Å². The van der Waals surface area contributed by atoms with Crippen molar-refractivity contribution in [1.29, 1.82) is 10.5 Å². The normalized spacial score (nSPS) is 12.2. The predicted octanol–water partition coefficient (Wildman–Crippen LogP) is 14.8. The van der Waals surface area contributed by atoms with Gasteiger partial charge in [0.05, 0.1) is 39.1 Å². The molecule has 2 aliphatic rings. The van der Waals surface area contributed by atoms with Crippen LogP contribution in [0.15, 0.2) is 243 Å². The lowest BCUT2D eigenvalue weighted by Gasteiger charge is -2.35. The van der Waals surface area contributed by atoms with E-state index in [1.807, 2.05) is 24.3 Å². The molecule has 5 heterocycles. The third kappa shape index (κ3) is 5.64. The highest BCUT2D eigenvalue weighted by atomic mass is 15.2. The number of anilines is 6. The van der Waals surface area contributed by atoms with Crippen molar-refractivity contribution in [2.24, 2.45) is 0 Å². The molecule has 0 fully saturated rings. The maximum atomic E-state index is 12.2. The fraction of sp³-hybridized carbons (Fsp3) is 0. The van der Waals surface area contributed by atoms with Gasteiger partial charge in [0.15, 0.2) is 0 Å². The zero-order valence-electron chi connectivity index (χ0n) is 40.8. The van der Waals surface area contributed by atoms with Gasteiger partial charge in [-0.05, 0) is 113 Å². The van der Waals surface area contributed by atoms with E-state index in [-0.39, 0.29) is 6.71 Å². The molecule has 2 aliphatic heterocycles. The molecule has 8 heteroatoms. The van der Waals surface area contributed by atoms with Crippen LogP contribution in [-0.2, 0) is 0 Å². The minimum Gasteiger partial charge on any atom is -0.310 e. The van der Waals surface area contributed by atoms with Crippen molar-refractivity contribution in [3.05, 3.63) is 254 Å². The molecule has 0 aliphatic carbocycles. The first-order valence-electron chi connectivity index (χ1n) is 25.7. The van der Waals surface area contributed by atoms with Gasteiger partial charge in [-0.25, -0.2) is 0 Å². The molecule has 350 valence electrons. The summed E-state index contributed by atoms with van der Waals surface area (Å²) in [5.41, 5.74) is 18.3. The quantitative estimate of drug-likeness (QED) is 0.149. The van der Waals surface area contributed by atoms with E-state index in [9.17, 15) is 10.5 Å². The standard InChI is InChI=1S/C68H40BN7/c70-41-55-64(56(42-71)68-63-67(55)75-59-33-15-13-27-49(59)51-29-17-31-57(65(51)75)69(63)58-32-18-30-52-50-28-14-16-34-60(50)76(68)66(52)58)74-61-37-35-47(72(43-19-5-1-6-20-43)44-21-7-2-8-22-44)39-53(61)54-40-48(36-38-62(54)74)73(45-23-9-3-10-24-45)46-25-11-4-12-26-46/h1-40H. The van der Waals surface area contributed by atoms with E-state index >= 15 is 0 Å². The first-order valence-corrected chi connectivity index (χ1v) is 25.7. The van der Waals surface area contributed by atoms with Crippen LogP contribution >= 0.6 is 0 Å². The summed E-state index contributed by atoms with van der Waals surface area (Å²) < 4.78 is 6.90. The predicted molar refractivity (Wildman–Crippen MR) is 313 cm³/mol. The van der Waals surface area contributed by atoms with Crippen molar-refractivity contribution >= 4 is 123 Å². The molecule has 0 bridgehead atoms. The zero-order chi connectivity index (χ0) is 50.2. The number of nitrogens with zero attached hydrogens (tertiary/aromatic N) is 7. The SMILES string of the molecule is N#Cc1c(-n2c3ccc(N(c4ccccc4)c4ccccc4)cc3c3cc(N(c4ccccc4)c4ccccc4)ccc32)c(C#N)c2c3c1-n1c4ccccc4c4cccc(c41)B3c1cccc3c4ccccc4n-2c13. The van der Waals surface area contributed by atoms with Crippen LogP contribution in [0.4, 0.5) is 34.1 Å². The van der Waals surface area contributed by atoms with Gasteiger partial charge in [0, 0.05) is 77.5 Å². The van der Waals surface area contributed by atoms with Gasteiger partial charge in [0.2, 0.25) is 0 Å². The third-order valence-corrected chi connectivity index (χ3v) is 16.0. The molecule has 0 saturated carbocycles. The van der Waals surface area contributed by atoms with Crippen molar-refractivity contribution < 1.29 is 0 Å². The lowest BCUT2D eigenvalue weighted by molar-refractivity contribution is 1.08. The summed E-state index contributed by atoms with van der Waals surface area (Å²) in [5, 5.41) is 30.9. The van der Waals surface area contributed by atoms with Gasteiger partial charge in [-0.1, -0.05) is 146 Å². The third-order valence-electron chi connectivity index (χ3n) is 16.0. The van der Waals surface area contributed by atoms with E-state index < -0.39 is 0 Å². The molecule has 7 nitrogen and oxygen atoms in total. The Bertz CT molecular complexity index is 4470. The van der Waals surface area contributed by atoms with E-state index in [4.69, 9.17) is 0 Å². The summed E-state index contributed by atoms with van der Waals surface area (Å²) in [4.78, 5) is 4.58. The number of hydrogen-bond donors (Lipinski definition) is 0. The van der Waals surface area contributed by atoms with Gasteiger partial charge < -0.3 is 23.5 Å². The van der Waals surface area contributed by atoms with Gasteiger partial charge in [-0.3, -0.25) is 0 Å². The molecular formula is C68H40BN7. The number of hydrogen-bond acceptors (Lipinski definition) is 4. The van der Waals surface area contributed by atoms with Crippen molar-refractivity contribution in [3.8, 4) is 29.2 Å². The minimum absolute atomic E-state index is 0.258. The first-order chi connectivity index (χ1) is 37.7. The van der Waals surface area contributed by atoms with Crippen LogP contribution in [0.25, 0.3) is 82.5 Å². The summed E-state index contributed by atoms with van der Waals surface area (Å²) in [5.74, 6) is 0. The molecule has 14 aromatic rings. The van der Waals surface area contributed by atoms with Gasteiger partial charge in [0.1, 0.15) is 23.3 Å². The van der Waals surface area contributed by atoms with Crippen molar-refractivity contribution in [1.82, 2.24) is 13.7 Å². The maximum absolute atomic E-state index is 12.2. The molecule has 0 atom stereocenters. The number of benzene rings is 11. The Hall–Kier alpha value is -10.5. The smallest absolute Gasteiger partial charge is 0.252 e. The first kappa shape index (κ1) is 42.0. The summed E-state index contributed by atoms with van der Waals surface area (Å²) in [6.07, 6.45) is 0. The molecule has 0 N–H and O–H groups in total. The monoisotopic (exact) mass is 965 g/mol. The molecule has 76 heavy (non-hydrogen) atoms. The van der Waals surface area contributed by atoms with Crippen LogP contribution in [0.3, 0.4) is 0 Å². The molecule has 0 amide bonds. The highest BCUT2D eigenvalue weighted by Gasteiger charge is 2.45. The van der Waals surface area contributed by atoms with E-state index in [0.29, 0.717) is 16.8 Å². The van der Waals surface area contributed by atoms with Crippen LogP contribution in [0, 0.1) is 22.7 Å². The summed E-state index contributed by atoms with van der Waals surface area (Å²) in [7, 11) is 0. The summed E-state index contributed by atoms with van der Waals surface area (Å²) >= 11 is 0. The minimum atomic E-state index is -0.258. The number of aromatic nitrogens is 3. The van der Waals surface area contributed by atoms with Gasteiger partial charge in [-0.2, -0.15) is 10.5 Å². The van der Waals surface area contributed by atoms with E-state index in [2.05, 4.69) is 254 Å². The van der Waals surface area contributed by atoms with E-state index in [0.717, 1.165) is 127 Å². The van der Waals surface area contributed by atoms with E-state index in [1.54, 1.807) is 0 Å². The van der Waals surface area contributed by atoms with Crippen LogP contribution < -0.4 is 26.2 Å². The maximum Gasteiger partial charge on any atom is 0.252 e. The highest BCUT2D eigenvalue weighted by molar-refractivity contribution is 7.00. The lowest BCUT2D eigenvalue weighted by atomic mass is 9.34. The molecule has 16 rings (SSSR count). The van der Waals surface area contributed by atoms with Gasteiger partial charge in [-0.15, -0.1) is 0 Å². The Morgan fingerprint density at radius 1 is 0.303 bits per heavy atom. The molecule has 11 aromatic carbocycles. The second kappa shape index (κ2) is 16.0. The second-order valence-corrected chi connectivity index (χ2v) is 19.8. The molecule has 3 aromatic heterocycles. The average molecular weight is 966 g/mol. The number of para-hydroxylation sites is 8. The molecule has 0 saturated heterocycles. The topological polar surface area (TPSA) is 68.8 Å². The summed E-state index contributed by atoms with van der Waals surface area (Å²) in [6, 6.07) is 91.2. The molecule has 0 unspecified atom stereocenters. The Balaban J connectivity index is 1.08. The van der Waals surface area contributed by atoms with Crippen LogP contribution in [0.5, 0.6) is 0 Å². The highest BCUT2D eigenvalue weighted by Crippen LogP contribution is 2.47. The van der Waals surface area contributed by atoms with Crippen molar-refractivity contribution in [3.63, 3.8) is 0 Å². The van der Waals surface area contributed by atoms with Crippen molar-refractivity contribution in [2.45, 2.75) is 0 Å². The van der Waals surface area contributed by atoms with Crippen molar-refractivity contribution in [2.75, 3.05) is 9.80 Å². The Kier molecular flexibility index (Phi) is 8.84. The zero-order valence-corrected chi connectivity index (χ0v) is 40.8. The largest absolute Gasteiger partial charge is 0.310 e. The molecule has 0 radical (unpaired) electrons. The van der Waals surface area contributed by atoms with Crippen LogP contribution in [-0.4, -0.2) is 20.4 Å². The molecular weight excluding hydrogens is 926 g/mol. The number of rotatable bonds is 7. The number of fused-ring (bicyclic) bond motifs is 13. The average Bonchev–Trinajstić information content (AvgIpc) is 4.30. The fourth-order valence-corrected chi connectivity index (χ4v) is 13.1. The Morgan fingerprint density at radius 2 is 0.658 bits per heavy atom.